The normalized spacial score (nSPS) is 11.3. The Balaban J connectivity index is 1.78. The van der Waals surface area contributed by atoms with Crippen molar-refractivity contribution < 1.29 is 17.6 Å². The number of benzene rings is 2. The molecule has 134 valence electrons. The Bertz CT molecular complexity index is 1050. The minimum Gasteiger partial charge on any atom is -0.403 e. The van der Waals surface area contributed by atoms with Crippen LogP contribution in [0.25, 0.3) is 11.5 Å². The van der Waals surface area contributed by atoms with E-state index in [0.717, 1.165) is 0 Å². The van der Waals surface area contributed by atoms with Gasteiger partial charge in [-0.05, 0) is 36.4 Å². The Labute approximate surface area is 154 Å². The van der Waals surface area contributed by atoms with Crippen LogP contribution < -0.4 is 5.32 Å². The van der Waals surface area contributed by atoms with Gasteiger partial charge in [-0.15, -0.1) is 5.10 Å². The third-order valence-electron chi connectivity index (χ3n) is 3.60. The maximum atomic E-state index is 12.2. The smallest absolute Gasteiger partial charge is 0.322 e. The Morgan fingerprint density at radius 3 is 2.46 bits per heavy atom. The van der Waals surface area contributed by atoms with Gasteiger partial charge in [-0.2, -0.15) is 0 Å². The van der Waals surface area contributed by atoms with Crippen molar-refractivity contribution in [3.8, 4) is 11.5 Å². The lowest BCUT2D eigenvalue weighted by atomic mass is 10.2. The highest BCUT2D eigenvalue weighted by Gasteiger charge is 2.16. The highest BCUT2D eigenvalue weighted by atomic mass is 35.5. The van der Waals surface area contributed by atoms with Crippen molar-refractivity contribution in [1.82, 2.24) is 10.2 Å². The summed E-state index contributed by atoms with van der Waals surface area (Å²) in [6, 6.07) is 12.6. The SMILES string of the molecule is CCS(=O)(=O)c1ccc(-c2nnc(NC(=O)c3ccccc3Cl)o2)cc1. The van der Waals surface area contributed by atoms with Crippen LogP contribution >= 0.6 is 11.6 Å². The maximum absolute atomic E-state index is 12.2. The van der Waals surface area contributed by atoms with E-state index in [1.807, 2.05) is 0 Å². The number of hydrogen-bond acceptors (Lipinski definition) is 6. The third-order valence-corrected chi connectivity index (χ3v) is 5.68. The number of nitrogens with zero attached hydrogens (tertiary/aromatic N) is 2. The first-order valence-electron chi connectivity index (χ1n) is 7.63. The molecule has 1 heterocycles. The summed E-state index contributed by atoms with van der Waals surface area (Å²) in [6.45, 7) is 1.58. The van der Waals surface area contributed by atoms with Crippen molar-refractivity contribution in [3.63, 3.8) is 0 Å². The van der Waals surface area contributed by atoms with Gasteiger partial charge in [0.1, 0.15) is 0 Å². The van der Waals surface area contributed by atoms with Gasteiger partial charge in [-0.1, -0.05) is 35.8 Å². The molecule has 0 atom stereocenters. The minimum atomic E-state index is -3.28. The van der Waals surface area contributed by atoms with Gasteiger partial charge in [0.15, 0.2) is 9.84 Å². The van der Waals surface area contributed by atoms with E-state index in [9.17, 15) is 13.2 Å². The molecule has 1 aromatic heterocycles. The molecule has 0 aliphatic rings. The van der Waals surface area contributed by atoms with Crippen LogP contribution in [0, 0.1) is 0 Å². The molecule has 1 amide bonds. The standard InChI is InChI=1S/C17H14ClN3O4S/c1-2-26(23,24)12-9-7-11(8-10-12)16-20-21-17(25-16)19-15(22)13-5-3-4-6-14(13)18/h3-10H,2H2,1H3,(H,19,21,22). The monoisotopic (exact) mass is 391 g/mol. The van der Waals surface area contributed by atoms with Crippen molar-refractivity contribution in [3.05, 3.63) is 59.1 Å². The van der Waals surface area contributed by atoms with Crippen LogP contribution in [-0.4, -0.2) is 30.3 Å². The highest BCUT2D eigenvalue weighted by molar-refractivity contribution is 7.91. The number of aromatic nitrogens is 2. The minimum absolute atomic E-state index is 0.0190. The molecule has 0 aliphatic carbocycles. The number of rotatable bonds is 5. The molecule has 0 saturated heterocycles. The second-order valence-corrected chi connectivity index (χ2v) is 7.96. The van der Waals surface area contributed by atoms with E-state index in [1.165, 1.54) is 12.1 Å². The van der Waals surface area contributed by atoms with Crippen molar-refractivity contribution >= 4 is 33.4 Å². The molecule has 3 rings (SSSR count). The predicted molar refractivity (Wildman–Crippen MR) is 96.9 cm³/mol. The van der Waals surface area contributed by atoms with Gasteiger partial charge in [0, 0.05) is 5.56 Å². The number of halogens is 1. The molecule has 0 spiro atoms. The van der Waals surface area contributed by atoms with E-state index in [-0.39, 0.29) is 28.1 Å². The molecule has 0 aliphatic heterocycles. The summed E-state index contributed by atoms with van der Waals surface area (Å²) in [6.07, 6.45) is 0. The maximum Gasteiger partial charge on any atom is 0.322 e. The Kier molecular flexibility index (Phi) is 5.06. The number of carbonyl (C=O) groups is 1. The van der Waals surface area contributed by atoms with Crippen molar-refractivity contribution in [2.75, 3.05) is 11.1 Å². The quantitative estimate of drug-likeness (QED) is 0.714. The van der Waals surface area contributed by atoms with E-state index in [2.05, 4.69) is 15.5 Å². The van der Waals surface area contributed by atoms with E-state index >= 15 is 0 Å². The number of carbonyl (C=O) groups excluding carboxylic acids is 1. The lowest BCUT2D eigenvalue weighted by Gasteiger charge is -2.02. The number of sulfone groups is 1. The molecule has 7 nitrogen and oxygen atoms in total. The lowest BCUT2D eigenvalue weighted by molar-refractivity contribution is 0.102. The fourth-order valence-corrected chi connectivity index (χ4v) is 3.28. The van der Waals surface area contributed by atoms with E-state index < -0.39 is 15.7 Å². The molecule has 9 heteroatoms. The van der Waals surface area contributed by atoms with E-state index in [1.54, 1.807) is 43.3 Å². The highest BCUT2D eigenvalue weighted by Crippen LogP contribution is 2.23. The summed E-state index contributed by atoms with van der Waals surface area (Å²) in [5.41, 5.74) is 0.814. The topological polar surface area (TPSA) is 102 Å². The van der Waals surface area contributed by atoms with E-state index in [0.29, 0.717) is 10.6 Å². The summed E-state index contributed by atoms with van der Waals surface area (Å²) in [5.74, 6) is -0.305. The second-order valence-electron chi connectivity index (χ2n) is 5.27. The molecule has 0 saturated carbocycles. The fraction of sp³-hybridized carbons (Fsp3) is 0.118. The van der Waals surface area contributed by atoms with Crippen molar-refractivity contribution in [1.29, 1.82) is 0 Å². The van der Waals surface area contributed by atoms with Crippen LogP contribution in [0.2, 0.25) is 5.02 Å². The van der Waals surface area contributed by atoms with Crippen molar-refractivity contribution in [2.45, 2.75) is 11.8 Å². The lowest BCUT2D eigenvalue weighted by Crippen LogP contribution is -2.12. The summed E-state index contributed by atoms with van der Waals surface area (Å²) in [7, 11) is -3.28. The predicted octanol–water partition coefficient (Wildman–Crippen LogP) is 3.44. The molecule has 2 aromatic carbocycles. The zero-order valence-corrected chi connectivity index (χ0v) is 15.2. The van der Waals surface area contributed by atoms with Gasteiger partial charge >= 0.3 is 6.01 Å². The Hall–Kier alpha value is -2.71. The molecule has 0 fully saturated rings. The number of anilines is 1. The molecule has 0 unspecified atom stereocenters. The first-order chi connectivity index (χ1) is 12.4. The summed E-state index contributed by atoms with van der Waals surface area (Å²) < 4.78 is 29.1. The second kappa shape index (κ2) is 7.27. The van der Waals surface area contributed by atoms with Crippen LogP contribution in [0.3, 0.4) is 0 Å². The summed E-state index contributed by atoms with van der Waals surface area (Å²) in [4.78, 5) is 12.4. The average Bonchev–Trinajstić information content (AvgIpc) is 3.10. The molecular formula is C17H14ClN3O4S. The van der Waals surface area contributed by atoms with Crippen LogP contribution in [0.4, 0.5) is 6.01 Å². The fourth-order valence-electron chi connectivity index (χ4n) is 2.17. The van der Waals surface area contributed by atoms with Crippen molar-refractivity contribution in [2.24, 2.45) is 0 Å². The molecular weight excluding hydrogens is 378 g/mol. The zero-order chi connectivity index (χ0) is 18.7. The summed E-state index contributed by atoms with van der Waals surface area (Å²) in [5, 5.41) is 10.4. The summed E-state index contributed by atoms with van der Waals surface area (Å²) >= 11 is 5.97. The van der Waals surface area contributed by atoms with Crippen LogP contribution in [0.1, 0.15) is 17.3 Å². The van der Waals surface area contributed by atoms with Crippen LogP contribution in [0.5, 0.6) is 0 Å². The number of hydrogen-bond donors (Lipinski definition) is 1. The number of amides is 1. The van der Waals surface area contributed by atoms with E-state index in [4.69, 9.17) is 16.0 Å². The third kappa shape index (κ3) is 3.76. The molecule has 0 radical (unpaired) electrons. The first kappa shape index (κ1) is 18.1. The van der Waals surface area contributed by atoms with Gasteiger partial charge in [0.25, 0.3) is 5.91 Å². The van der Waals surface area contributed by atoms with Crippen LogP contribution in [-0.2, 0) is 9.84 Å². The number of nitrogens with one attached hydrogen (secondary N) is 1. The van der Waals surface area contributed by atoms with Gasteiger partial charge in [0.2, 0.25) is 5.89 Å². The average molecular weight is 392 g/mol. The van der Waals surface area contributed by atoms with Gasteiger partial charge in [0.05, 0.1) is 21.2 Å². The zero-order valence-electron chi connectivity index (χ0n) is 13.6. The Morgan fingerprint density at radius 2 is 1.81 bits per heavy atom. The molecule has 1 N–H and O–H groups in total. The first-order valence-corrected chi connectivity index (χ1v) is 9.66. The molecule has 3 aromatic rings. The molecule has 0 bridgehead atoms. The van der Waals surface area contributed by atoms with Gasteiger partial charge in [-0.25, -0.2) is 8.42 Å². The Morgan fingerprint density at radius 1 is 1.12 bits per heavy atom. The van der Waals surface area contributed by atoms with Gasteiger partial charge in [-0.3, -0.25) is 10.1 Å². The largest absolute Gasteiger partial charge is 0.403 e. The van der Waals surface area contributed by atoms with Crippen LogP contribution in [0.15, 0.2) is 57.8 Å². The van der Waals surface area contributed by atoms with Gasteiger partial charge < -0.3 is 4.42 Å². The molecule has 26 heavy (non-hydrogen) atoms.